The molecule has 0 unspecified atom stereocenters. The number of nitrogens with zero attached hydrogens (tertiary/aromatic N) is 1. The second kappa shape index (κ2) is 8.29. The van der Waals surface area contributed by atoms with Crippen LogP contribution in [0.25, 0.3) is 0 Å². The molecular weight excluding hydrogens is 336 g/mol. The Kier molecular flexibility index (Phi) is 6.33. The number of anilines is 2. The average molecular weight is 362 g/mol. The molecule has 1 aromatic carbocycles. The van der Waals surface area contributed by atoms with E-state index in [-0.39, 0.29) is 30.9 Å². The Morgan fingerprint density at radius 2 is 1.92 bits per heavy atom. The molecule has 8 heteroatoms. The highest BCUT2D eigenvalue weighted by Crippen LogP contribution is 2.20. The minimum Gasteiger partial charge on any atom is -0.370 e. The fourth-order valence-corrected chi connectivity index (χ4v) is 2.35. The first kappa shape index (κ1) is 19.9. The van der Waals surface area contributed by atoms with Gasteiger partial charge in [-0.05, 0) is 24.3 Å². The Morgan fingerprint density at radius 1 is 1.27 bits per heavy atom. The van der Waals surface area contributed by atoms with Gasteiger partial charge in [0.2, 0.25) is 11.8 Å². The van der Waals surface area contributed by atoms with E-state index < -0.39 is 11.5 Å². The van der Waals surface area contributed by atoms with Gasteiger partial charge in [0, 0.05) is 29.9 Å². The summed E-state index contributed by atoms with van der Waals surface area (Å²) in [6.45, 7) is 6.35. The predicted molar refractivity (Wildman–Crippen MR) is 98.7 cm³/mol. The number of benzene rings is 1. The van der Waals surface area contributed by atoms with Crippen LogP contribution in [0.1, 0.15) is 20.8 Å². The minimum absolute atomic E-state index is 0.00594. The van der Waals surface area contributed by atoms with E-state index in [1.165, 1.54) is 0 Å². The lowest BCUT2D eigenvalue weighted by atomic mass is 9.95. The quantitative estimate of drug-likeness (QED) is 0.705. The van der Waals surface area contributed by atoms with Gasteiger partial charge in [0.1, 0.15) is 12.6 Å². The Balaban J connectivity index is 1.99. The van der Waals surface area contributed by atoms with Crippen LogP contribution in [0.15, 0.2) is 24.3 Å². The maximum Gasteiger partial charge on any atom is 0.253 e. The van der Waals surface area contributed by atoms with Gasteiger partial charge in [-0.3, -0.25) is 14.4 Å². The van der Waals surface area contributed by atoms with Gasteiger partial charge < -0.3 is 26.0 Å². The minimum atomic E-state index is -0.817. The molecule has 1 atom stereocenters. The molecule has 1 aliphatic heterocycles. The van der Waals surface area contributed by atoms with Crippen molar-refractivity contribution in [2.45, 2.75) is 26.8 Å². The molecule has 4 N–H and O–H groups in total. The summed E-state index contributed by atoms with van der Waals surface area (Å²) in [6.07, 6.45) is 0. The Hall–Kier alpha value is -2.45. The third kappa shape index (κ3) is 5.03. The summed E-state index contributed by atoms with van der Waals surface area (Å²) in [5.74, 6) is -0.731. The number of carbonyl (C=O) groups excluding carboxylic acids is 3. The Labute approximate surface area is 153 Å². The van der Waals surface area contributed by atoms with Crippen LogP contribution in [0.4, 0.5) is 11.4 Å². The normalized spacial score (nSPS) is 16.2. The van der Waals surface area contributed by atoms with E-state index in [0.29, 0.717) is 18.8 Å². The van der Waals surface area contributed by atoms with Crippen LogP contribution in [0.5, 0.6) is 0 Å². The highest BCUT2D eigenvalue weighted by atomic mass is 16.5. The van der Waals surface area contributed by atoms with Crippen LogP contribution in [-0.2, 0) is 19.1 Å². The van der Waals surface area contributed by atoms with Crippen molar-refractivity contribution in [2.75, 3.05) is 36.5 Å². The van der Waals surface area contributed by atoms with Crippen molar-refractivity contribution in [3.63, 3.8) is 0 Å². The van der Waals surface area contributed by atoms with Crippen molar-refractivity contribution in [1.82, 2.24) is 5.32 Å². The number of nitrogens with two attached hydrogens (primary N) is 1. The van der Waals surface area contributed by atoms with Gasteiger partial charge in [-0.2, -0.15) is 0 Å². The molecule has 0 spiro atoms. The maximum absolute atomic E-state index is 12.4. The number of amides is 3. The van der Waals surface area contributed by atoms with Crippen molar-refractivity contribution in [1.29, 1.82) is 0 Å². The van der Waals surface area contributed by atoms with Gasteiger partial charge >= 0.3 is 0 Å². The molecule has 1 aliphatic rings. The number of ether oxygens (including phenoxy) is 1. The molecule has 0 saturated carbocycles. The standard InChI is InChI=1S/C18H26N4O4/c1-18(2,3)17(25)21-14(10-19)16(24)20-12-4-6-13(7-5-12)22-8-9-26-11-15(22)23/h4-7,14H,8-11,19H2,1-3H3,(H,20,24)(H,21,25)/t14-/m0/s1. The highest BCUT2D eigenvalue weighted by molar-refractivity contribution is 5.98. The summed E-state index contributed by atoms with van der Waals surface area (Å²) in [5.41, 5.74) is 6.31. The van der Waals surface area contributed by atoms with Crippen molar-refractivity contribution >= 4 is 29.1 Å². The van der Waals surface area contributed by atoms with E-state index in [1.54, 1.807) is 49.9 Å². The number of nitrogens with one attached hydrogen (secondary N) is 2. The fraction of sp³-hybridized carbons (Fsp3) is 0.500. The van der Waals surface area contributed by atoms with Gasteiger partial charge in [0.25, 0.3) is 5.91 Å². The van der Waals surface area contributed by atoms with E-state index in [9.17, 15) is 14.4 Å². The number of rotatable bonds is 5. The van der Waals surface area contributed by atoms with Gasteiger partial charge in [-0.25, -0.2) is 0 Å². The average Bonchev–Trinajstić information content (AvgIpc) is 2.59. The molecule has 1 fully saturated rings. The van der Waals surface area contributed by atoms with Gasteiger partial charge in [-0.15, -0.1) is 0 Å². The lowest BCUT2D eigenvalue weighted by Gasteiger charge is -2.27. The molecule has 0 radical (unpaired) electrons. The Morgan fingerprint density at radius 3 is 2.46 bits per heavy atom. The Bertz CT molecular complexity index is 667. The third-order valence-electron chi connectivity index (χ3n) is 3.97. The predicted octanol–water partition coefficient (Wildman–Crippen LogP) is 0.478. The van der Waals surface area contributed by atoms with Gasteiger partial charge in [0.05, 0.1) is 6.61 Å². The highest BCUT2D eigenvalue weighted by Gasteiger charge is 2.27. The molecule has 8 nitrogen and oxygen atoms in total. The number of hydrogen-bond acceptors (Lipinski definition) is 5. The zero-order valence-electron chi connectivity index (χ0n) is 15.4. The second-order valence-electron chi connectivity index (χ2n) is 7.15. The van der Waals surface area contributed by atoms with E-state index >= 15 is 0 Å². The summed E-state index contributed by atoms with van der Waals surface area (Å²) < 4.78 is 5.11. The van der Waals surface area contributed by atoms with E-state index in [4.69, 9.17) is 10.5 Å². The molecular formula is C18H26N4O4. The molecule has 0 aliphatic carbocycles. The third-order valence-corrected chi connectivity index (χ3v) is 3.97. The smallest absolute Gasteiger partial charge is 0.253 e. The molecule has 3 amide bonds. The van der Waals surface area contributed by atoms with Crippen molar-refractivity contribution in [2.24, 2.45) is 11.1 Å². The number of morpholine rings is 1. The zero-order valence-corrected chi connectivity index (χ0v) is 15.4. The number of hydrogen-bond donors (Lipinski definition) is 3. The van der Waals surface area contributed by atoms with Crippen LogP contribution < -0.4 is 21.3 Å². The van der Waals surface area contributed by atoms with E-state index in [0.717, 1.165) is 5.69 Å². The molecule has 0 bridgehead atoms. The molecule has 142 valence electrons. The van der Waals surface area contributed by atoms with Crippen molar-refractivity contribution in [3.05, 3.63) is 24.3 Å². The first-order valence-electron chi connectivity index (χ1n) is 8.52. The molecule has 1 saturated heterocycles. The summed E-state index contributed by atoms with van der Waals surface area (Å²) >= 11 is 0. The lowest BCUT2D eigenvalue weighted by molar-refractivity contribution is -0.131. The monoisotopic (exact) mass is 362 g/mol. The first-order chi connectivity index (χ1) is 12.2. The molecule has 2 rings (SSSR count). The van der Waals surface area contributed by atoms with Crippen LogP contribution in [-0.4, -0.2) is 50.1 Å². The van der Waals surface area contributed by atoms with E-state index in [2.05, 4.69) is 10.6 Å². The topological polar surface area (TPSA) is 114 Å². The van der Waals surface area contributed by atoms with Crippen molar-refractivity contribution < 1.29 is 19.1 Å². The van der Waals surface area contributed by atoms with Crippen LogP contribution >= 0.6 is 0 Å². The molecule has 1 aromatic rings. The SMILES string of the molecule is CC(C)(C)C(=O)N[C@@H](CN)C(=O)Nc1ccc(N2CCOCC2=O)cc1. The summed E-state index contributed by atoms with van der Waals surface area (Å²) in [6, 6.07) is 6.10. The molecule has 0 aromatic heterocycles. The van der Waals surface area contributed by atoms with Crippen LogP contribution in [0.2, 0.25) is 0 Å². The molecule has 26 heavy (non-hydrogen) atoms. The summed E-state index contributed by atoms with van der Waals surface area (Å²) in [4.78, 5) is 37.9. The second-order valence-corrected chi connectivity index (χ2v) is 7.15. The zero-order chi connectivity index (χ0) is 19.3. The van der Waals surface area contributed by atoms with Gasteiger partial charge in [-0.1, -0.05) is 20.8 Å². The molecule has 1 heterocycles. The first-order valence-corrected chi connectivity index (χ1v) is 8.52. The summed E-state index contributed by atoms with van der Waals surface area (Å²) in [7, 11) is 0. The van der Waals surface area contributed by atoms with Crippen LogP contribution in [0, 0.1) is 5.41 Å². The van der Waals surface area contributed by atoms with Crippen LogP contribution in [0.3, 0.4) is 0 Å². The largest absolute Gasteiger partial charge is 0.370 e. The number of carbonyl (C=O) groups is 3. The maximum atomic E-state index is 12.4. The van der Waals surface area contributed by atoms with Crippen molar-refractivity contribution in [3.8, 4) is 0 Å². The summed E-state index contributed by atoms with van der Waals surface area (Å²) in [5, 5.41) is 5.38. The van der Waals surface area contributed by atoms with E-state index in [1.807, 2.05) is 0 Å². The fourth-order valence-electron chi connectivity index (χ4n) is 2.35. The lowest BCUT2D eigenvalue weighted by Crippen LogP contribution is -2.51. The van der Waals surface area contributed by atoms with Gasteiger partial charge in [0.15, 0.2) is 0 Å².